The minimum atomic E-state index is 0.169. The topological polar surface area (TPSA) is 56.0 Å². The smallest absolute Gasteiger partial charge is 0.247 e. The van der Waals surface area contributed by atoms with E-state index in [0.717, 1.165) is 16.0 Å². The number of rotatable bonds is 3. The second kappa shape index (κ2) is 4.93. The van der Waals surface area contributed by atoms with Crippen LogP contribution in [0.4, 0.5) is 0 Å². The summed E-state index contributed by atoms with van der Waals surface area (Å²) in [6.45, 7) is 0. The molecule has 0 fully saturated rings. The van der Waals surface area contributed by atoms with Gasteiger partial charge in [-0.05, 0) is 29.1 Å². The molecule has 1 unspecified atom stereocenters. The third-order valence-electron chi connectivity index (χ3n) is 3.73. The van der Waals surface area contributed by atoms with Crippen molar-refractivity contribution in [1.82, 2.24) is 10.2 Å². The van der Waals surface area contributed by atoms with Crippen molar-refractivity contribution in [2.24, 2.45) is 0 Å². The maximum atomic E-state index is 11.9. The van der Waals surface area contributed by atoms with E-state index >= 15 is 0 Å². The molecule has 0 radical (unpaired) electrons. The van der Waals surface area contributed by atoms with Crippen LogP contribution in [0.1, 0.15) is 33.5 Å². The quantitative estimate of drug-likeness (QED) is 0.739. The third-order valence-corrected chi connectivity index (χ3v) is 4.70. The van der Waals surface area contributed by atoms with Crippen LogP contribution in [0.5, 0.6) is 0 Å². The Morgan fingerprint density at radius 2 is 2.05 bits per heavy atom. The summed E-state index contributed by atoms with van der Waals surface area (Å²) in [5, 5.41) is 10.2. The van der Waals surface area contributed by atoms with Crippen LogP contribution in [-0.4, -0.2) is 16.0 Å². The molecule has 1 aromatic carbocycles. The summed E-state index contributed by atoms with van der Waals surface area (Å²) < 4.78 is 5.73. The van der Waals surface area contributed by atoms with Crippen molar-refractivity contribution < 1.29 is 9.21 Å². The molecule has 0 bridgehead atoms. The summed E-state index contributed by atoms with van der Waals surface area (Å²) in [5.41, 5.74) is 2.04. The van der Waals surface area contributed by atoms with Gasteiger partial charge in [-0.25, -0.2) is 0 Å². The molecule has 1 atom stereocenters. The Kier molecular flexibility index (Phi) is 2.93. The number of nitrogens with zero attached hydrogens (tertiary/aromatic N) is 2. The lowest BCUT2D eigenvalue weighted by molar-refractivity contribution is 0.0991. The second-order valence-electron chi connectivity index (χ2n) is 5.10. The van der Waals surface area contributed by atoms with Crippen molar-refractivity contribution >= 4 is 17.1 Å². The number of benzene rings is 1. The SMILES string of the molecule is O=C1CC(Cc2nnc(-c3ccccc3)o2)c2ccsc21. The highest BCUT2D eigenvalue weighted by Crippen LogP contribution is 2.38. The van der Waals surface area contributed by atoms with Crippen LogP contribution in [0, 0.1) is 0 Å². The molecule has 0 spiro atoms. The molecular weight excluding hydrogens is 284 g/mol. The van der Waals surface area contributed by atoms with Gasteiger partial charge < -0.3 is 4.42 Å². The van der Waals surface area contributed by atoms with Crippen LogP contribution < -0.4 is 0 Å². The zero-order chi connectivity index (χ0) is 14.2. The highest BCUT2D eigenvalue weighted by molar-refractivity contribution is 7.12. The van der Waals surface area contributed by atoms with Crippen molar-refractivity contribution in [3.05, 3.63) is 58.1 Å². The average molecular weight is 296 g/mol. The Balaban J connectivity index is 1.57. The van der Waals surface area contributed by atoms with Crippen LogP contribution in [0.25, 0.3) is 11.5 Å². The van der Waals surface area contributed by atoms with E-state index in [1.54, 1.807) is 0 Å². The monoisotopic (exact) mass is 296 g/mol. The molecule has 0 saturated carbocycles. The van der Waals surface area contributed by atoms with Gasteiger partial charge in [-0.15, -0.1) is 21.5 Å². The molecule has 0 amide bonds. The number of fused-ring (bicyclic) bond motifs is 1. The summed E-state index contributed by atoms with van der Waals surface area (Å²) >= 11 is 1.52. The fourth-order valence-electron chi connectivity index (χ4n) is 2.72. The Labute approximate surface area is 125 Å². The van der Waals surface area contributed by atoms with Gasteiger partial charge in [0.1, 0.15) is 0 Å². The second-order valence-corrected chi connectivity index (χ2v) is 6.02. The summed E-state index contributed by atoms with van der Waals surface area (Å²) in [7, 11) is 0. The van der Waals surface area contributed by atoms with Gasteiger partial charge in [-0.3, -0.25) is 4.79 Å². The Bertz CT molecular complexity index is 791. The van der Waals surface area contributed by atoms with Crippen LogP contribution in [0.3, 0.4) is 0 Å². The Hall–Kier alpha value is -2.27. The van der Waals surface area contributed by atoms with Crippen molar-refractivity contribution in [3.8, 4) is 11.5 Å². The number of carbonyl (C=O) groups excluding carboxylic acids is 1. The largest absolute Gasteiger partial charge is 0.421 e. The molecule has 2 heterocycles. The van der Waals surface area contributed by atoms with Gasteiger partial charge in [0.25, 0.3) is 0 Å². The normalized spacial score (nSPS) is 17.1. The zero-order valence-electron chi connectivity index (χ0n) is 11.2. The molecule has 2 aromatic heterocycles. The highest BCUT2D eigenvalue weighted by atomic mass is 32.1. The molecule has 0 N–H and O–H groups in total. The van der Waals surface area contributed by atoms with E-state index in [1.165, 1.54) is 11.3 Å². The fraction of sp³-hybridized carbons (Fsp3) is 0.188. The van der Waals surface area contributed by atoms with E-state index in [0.29, 0.717) is 24.6 Å². The lowest BCUT2D eigenvalue weighted by atomic mass is 10.00. The van der Waals surface area contributed by atoms with Crippen LogP contribution in [-0.2, 0) is 6.42 Å². The van der Waals surface area contributed by atoms with Crippen LogP contribution in [0.2, 0.25) is 0 Å². The molecule has 0 aliphatic heterocycles. The number of Topliss-reactive ketones (excluding diaryl/α,β-unsaturated/α-hetero) is 1. The van der Waals surface area contributed by atoms with Crippen molar-refractivity contribution in [3.63, 3.8) is 0 Å². The van der Waals surface area contributed by atoms with Gasteiger partial charge in [0.05, 0.1) is 4.88 Å². The summed E-state index contributed by atoms with van der Waals surface area (Å²) in [6.07, 6.45) is 1.17. The first-order chi connectivity index (χ1) is 10.3. The van der Waals surface area contributed by atoms with E-state index in [-0.39, 0.29) is 11.7 Å². The predicted molar refractivity (Wildman–Crippen MR) is 79.4 cm³/mol. The summed E-state index contributed by atoms with van der Waals surface area (Å²) in [6, 6.07) is 11.7. The molecule has 0 saturated heterocycles. The first kappa shape index (κ1) is 12.5. The van der Waals surface area contributed by atoms with Crippen LogP contribution in [0.15, 0.2) is 46.2 Å². The van der Waals surface area contributed by atoms with Gasteiger partial charge >= 0.3 is 0 Å². The molecule has 1 aliphatic rings. The fourth-order valence-corrected chi connectivity index (χ4v) is 3.66. The number of carbonyl (C=O) groups is 1. The van der Waals surface area contributed by atoms with Gasteiger partial charge in [-0.1, -0.05) is 18.2 Å². The molecule has 21 heavy (non-hydrogen) atoms. The van der Waals surface area contributed by atoms with E-state index in [4.69, 9.17) is 4.42 Å². The van der Waals surface area contributed by atoms with Gasteiger partial charge in [0.15, 0.2) is 5.78 Å². The number of ketones is 1. The summed E-state index contributed by atoms with van der Waals surface area (Å²) in [4.78, 5) is 12.8. The van der Waals surface area contributed by atoms with E-state index in [9.17, 15) is 4.79 Å². The molecule has 5 heteroatoms. The van der Waals surface area contributed by atoms with E-state index < -0.39 is 0 Å². The lowest BCUT2D eigenvalue weighted by Gasteiger charge is -2.04. The third kappa shape index (κ3) is 2.19. The lowest BCUT2D eigenvalue weighted by Crippen LogP contribution is -1.99. The van der Waals surface area contributed by atoms with Crippen molar-refractivity contribution in [2.45, 2.75) is 18.8 Å². The molecule has 104 valence electrons. The number of thiophene rings is 1. The first-order valence-corrected chi connectivity index (χ1v) is 7.67. The molecule has 4 rings (SSSR count). The van der Waals surface area contributed by atoms with Gasteiger partial charge in [0.2, 0.25) is 11.8 Å². The highest BCUT2D eigenvalue weighted by Gasteiger charge is 2.31. The zero-order valence-corrected chi connectivity index (χ0v) is 12.0. The maximum absolute atomic E-state index is 11.9. The Morgan fingerprint density at radius 1 is 1.19 bits per heavy atom. The number of hydrogen-bond acceptors (Lipinski definition) is 5. The van der Waals surface area contributed by atoms with Crippen molar-refractivity contribution in [1.29, 1.82) is 0 Å². The maximum Gasteiger partial charge on any atom is 0.247 e. The minimum absolute atomic E-state index is 0.169. The summed E-state index contributed by atoms with van der Waals surface area (Å²) in [5.74, 6) is 1.52. The van der Waals surface area contributed by atoms with Crippen LogP contribution >= 0.6 is 11.3 Å². The number of aromatic nitrogens is 2. The molecule has 4 nitrogen and oxygen atoms in total. The van der Waals surface area contributed by atoms with E-state index in [2.05, 4.69) is 10.2 Å². The van der Waals surface area contributed by atoms with Gasteiger partial charge in [0, 0.05) is 24.3 Å². The predicted octanol–water partition coefficient (Wildman–Crippen LogP) is 3.71. The van der Waals surface area contributed by atoms with Gasteiger partial charge in [-0.2, -0.15) is 0 Å². The number of hydrogen-bond donors (Lipinski definition) is 0. The van der Waals surface area contributed by atoms with E-state index in [1.807, 2.05) is 41.8 Å². The first-order valence-electron chi connectivity index (χ1n) is 6.79. The molecular formula is C16H12N2O2S. The standard InChI is InChI=1S/C16H12N2O2S/c19-13-8-11(12-6-7-21-15(12)13)9-14-17-18-16(20-14)10-4-2-1-3-5-10/h1-7,11H,8-9H2. The molecule has 1 aliphatic carbocycles. The minimum Gasteiger partial charge on any atom is -0.421 e. The Morgan fingerprint density at radius 3 is 2.90 bits per heavy atom. The van der Waals surface area contributed by atoms with Crippen molar-refractivity contribution in [2.75, 3.05) is 0 Å². The molecule has 3 aromatic rings. The average Bonchev–Trinajstić information content (AvgIpc) is 3.21.